The zero-order valence-electron chi connectivity index (χ0n) is 12.1. The number of unbranched alkanes of at least 4 members (excludes halogenated alkanes) is 3. The Kier molecular flexibility index (Phi) is 7.15. The molecular formula is C14H26N2OS2. The molecule has 1 aliphatic heterocycles. The Morgan fingerprint density at radius 2 is 1.95 bits per heavy atom. The molecular weight excluding hydrogens is 276 g/mol. The monoisotopic (exact) mass is 302 g/mol. The lowest BCUT2D eigenvalue weighted by atomic mass is 9.95. The summed E-state index contributed by atoms with van der Waals surface area (Å²) in [6.07, 6.45) is 9.16. The SMILES string of the molecule is CCCCCCC(=O)N1CCC(SC)(C(N)=S)CC1. The van der Waals surface area contributed by atoms with E-state index in [1.807, 2.05) is 4.90 Å². The first-order valence-corrected chi connectivity index (χ1v) is 8.82. The van der Waals surface area contributed by atoms with Gasteiger partial charge in [-0.15, -0.1) is 0 Å². The Bertz CT molecular complexity index is 313. The van der Waals surface area contributed by atoms with E-state index >= 15 is 0 Å². The molecule has 0 unspecified atom stereocenters. The zero-order valence-corrected chi connectivity index (χ0v) is 13.7. The Labute approximate surface area is 126 Å². The normalized spacial score (nSPS) is 18.3. The fourth-order valence-electron chi connectivity index (χ4n) is 2.53. The van der Waals surface area contributed by atoms with Crippen LogP contribution in [0, 0.1) is 0 Å². The van der Waals surface area contributed by atoms with Crippen LogP contribution in [0.4, 0.5) is 0 Å². The summed E-state index contributed by atoms with van der Waals surface area (Å²) in [5.74, 6) is 0.300. The van der Waals surface area contributed by atoms with Gasteiger partial charge in [-0.1, -0.05) is 38.4 Å². The van der Waals surface area contributed by atoms with Gasteiger partial charge in [-0.2, -0.15) is 11.8 Å². The molecule has 1 heterocycles. The maximum atomic E-state index is 12.1. The predicted octanol–water partition coefficient (Wildman–Crippen LogP) is 2.97. The van der Waals surface area contributed by atoms with Gasteiger partial charge in [0.1, 0.15) is 0 Å². The van der Waals surface area contributed by atoms with Gasteiger partial charge in [0.2, 0.25) is 5.91 Å². The first kappa shape index (κ1) is 16.8. The highest BCUT2D eigenvalue weighted by molar-refractivity contribution is 8.02. The minimum atomic E-state index is -0.0890. The number of rotatable bonds is 7. The highest BCUT2D eigenvalue weighted by Gasteiger charge is 2.37. The summed E-state index contributed by atoms with van der Waals surface area (Å²) >= 11 is 6.92. The van der Waals surface area contributed by atoms with Gasteiger partial charge < -0.3 is 10.6 Å². The predicted molar refractivity (Wildman–Crippen MR) is 87.6 cm³/mol. The summed E-state index contributed by atoms with van der Waals surface area (Å²) in [6, 6.07) is 0. The molecule has 2 N–H and O–H groups in total. The summed E-state index contributed by atoms with van der Waals surface area (Å²) < 4.78 is -0.0890. The lowest BCUT2D eigenvalue weighted by molar-refractivity contribution is -0.132. The maximum Gasteiger partial charge on any atom is 0.222 e. The van der Waals surface area contributed by atoms with Crippen LogP contribution in [0.2, 0.25) is 0 Å². The first-order valence-electron chi connectivity index (χ1n) is 7.18. The molecule has 1 rings (SSSR count). The number of thiocarbonyl (C=S) groups is 1. The molecule has 0 atom stereocenters. The second kappa shape index (κ2) is 8.10. The third kappa shape index (κ3) is 4.63. The smallest absolute Gasteiger partial charge is 0.222 e. The van der Waals surface area contributed by atoms with Crippen LogP contribution >= 0.6 is 24.0 Å². The molecule has 1 amide bonds. The standard InChI is InChI=1S/C14H26N2OS2/c1-3-4-5-6-7-12(17)16-10-8-14(19-2,9-11-16)13(15)18/h3-11H2,1-2H3,(H2,15,18). The van der Waals surface area contributed by atoms with Crippen molar-refractivity contribution in [2.45, 2.75) is 56.6 Å². The van der Waals surface area contributed by atoms with E-state index in [0.717, 1.165) is 38.8 Å². The molecule has 0 radical (unpaired) electrons. The van der Waals surface area contributed by atoms with Gasteiger partial charge in [0.05, 0.1) is 9.74 Å². The molecule has 0 aromatic carbocycles. The van der Waals surface area contributed by atoms with Crippen molar-refractivity contribution in [2.75, 3.05) is 19.3 Å². The van der Waals surface area contributed by atoms with Gasteiger partial charge in [-0.05, 0) is 25.5 Å². The minimum absolute atomic E-state index is 0.0890. The average Bonchev–Trinajstić information content (AvgIpc) is 2.43. The third-order valence-electron chi connectivity index (χ3n) is 4.01. The van der Waals surface area contributed by atoms with E-state index < -0.39 is 0 Å². The first-order chi connectivity index (χ1) is 9.05. The molecule has 1 aliphatic rings. The molecule has 1 saturated heterocycles. The molecule has 110 valence electrons. The number of carbonyl (C=O) groups excluding carboxylic acids is 1. The molecule has 0 saturated carbocycles. The molecule has 19 heavy (non-hydrogen) atoms. The number of piperidine rings is 1. The van der Waals surface area contributed by atoms with Crippen LogP contribution in [-0.2, 0) is 4.79 Å². The van der Waals surface area contributed by atoms with Crippen LogP contribution in [0.15, 0.2) is 0 Å². The minimum Gasteiger partial charge on any atom is -0.392 e. The van der Waals surface area contributed by atoms with E-state index in [4.69, 9.17) is 18.0 Å². The van der Waals surface area contributed by atoms with Gasteiger partial charge in [0.15, 0.2) is 0 Å². The molecule has 3 nitrogen and oxygen atoms in total. The van der Waals surface area contributed by atoms with Crippen LogP contribution < -0.4 is 5.73 Å². The number of carbonyl (C=O) groups is 1. The summed E-state index contributed by atoms with van der Waals surface area (Å²) in [6.45, 7) is 3.78. The number of likely N-dealkylation sites (tertiary alicyclic amines) is 1. The van der Waals surface area contributed by atoms with Crippen molar-refractivity contribution >= 4 is 34.9 Å². The van der Waals surface area contributed by atoms with E-state index in [2.05, 4.69) is 13.2 Å². The van der Waals surface area contributed by atoms with E-state index in [-0.39, 0.29) is 4.75 Å². The number of amides is 1. The lowest BCUT2D eigenvalue weighted by Crippen LogP contribution is -2.50. The number of thioether (sulfide) groups is 1. The summed E-state index contributed by atoms with van der Waals surface area (Å²) in [5, 5.41) is 0. The van der Waals surface area contributed by atoms with Crippen molar-refractivity contribution in [3.8, 4) is 0 Å². The highest BCUT2D eigenvalue weighted by Crippen LogP contribution is 2.35. The molecule has 0 aromatic heterocycles. The van der Waals surface area contributed by atoms with Gasteiger partial charge >= 0.3 is 0 Å². The van der Waals surface area contributed by atoms with Crippen molar-refractivity contribution in [3.63, 3.8) is 0 Å². The zero-order chi connectivity index (χ0) is 14.3. The van der Waals surface area contributed by atoms with Crippen LogP contribution in [-0.4, -0.2) is 39.9 Å². The van der Waals surface area contributed by atoms with Gasteiger partial charge in [0, 0.05) is 19.5 Å². The Morgan fingerprint density at radius 3 is 2.42 bits per heavy atom. The Balaban J connectivity index is 2.36. The molecule has 1 fully saturated rings. The van der Waals surface area contributed by atoms with E-state index in [1.165, 1.54) is 12.8 Å². The second-order valence-corrected chi connectivity index (χ2v) is 6.88. The number of hydrogen-bond donors (Lipinski definition) is 1. The average molecular weight is 303 g/mol. The van der Waals surface area contributed by atoms with Crippen LogP contribution in [0.3, 0.4) is 0 Å². The fourth-order valence-corrected chi connectivity index (χ4v) is 3.78. The van der Waals surface area contributed by atoms with Crippen LogP contribution in [0.5, 0.6) is 0 Å². The lowest BCUT2D eigenvalue weighted by Gasteiger charge is -2.40. The molecule has 5 heteroatoms. The third-order valence-corrected chi connectivity index (χ3v) is 5.94. The quantitative estimate of drug-likeness (QED) is 0.580. The van der Waals surface area contributed by atoms with Gasteiger partial charge in [-0.25, -0.2) is 0 Å². The Hall–Kier alpha value is -0.290. The van der Waals surface area contributed by atoms with Gasteiger partial charge in [-0.3, -0.25) is 4.79 Å². The Morgan fingerprint density at radius 1 is 1.32 bits per heavy atom. The van der Waals surface area contributed by atoms with E-state index in [0.29, 0.717) is 17.3 Å². The summed E-state index contributed by atoms with van der Waals surface area (Å²) in [7, 11) is 0. The van der Waals surface area contributed by atoms with Crippen molar-refractivity contribution < 1.29 is 4.79 Å². The maximum absolute atomic E-state index is 12.1. The van der Waals surface area contributed by atoms with Crippen molar-refractivity contribution in [3.05, 3.63) is 0 Å². The molecule has 0 aliphatic carbocycles. The highest BCUT2D eigenvalue weighted by atomic mass is 32.2. The largest absolute Gasteiger partial charge is 0.392 e. The van der Waals surface area contributed by atoms with Crippen molar-refractivity contribution in [1.82, 2.24) is 4.90 Å². The number of nitrogens with zero attached hydrogens (tertiary/aromatic N) is 1. The van der Waals surface area contributed by atoms with E-state index in [1.54, 1.807) is 11.8 Å². The topological polar surface area (TPSA) is 46.3 Å². The van der Waals surface area contributed by atoms with Crippen molar-refractivity contribution in [1.29, 1.82) is 0 Å². The van der Waals surface area contributed by atoms with Gasteiger partial charge in [0.25, 0.3) is 0 Å². The van der Waals surface area contributed by atoms with Crippen molar-refractivity contribution in [2.24, 2.45) is 5.73 Å². The second-order valence-electron chi connectivity index (χ2n) is 5.25. The van der Waals surface area contributed by atoms with Crippen LogP contribution in [0.25, 0.3) is 0 Å². The molecule has 0 bridgehead atoms. The summed E-state index contributed by atoms with van der Waals surface area (Å²) in [4.78, 5) is 14.7. The number of hydrogen-bond acceptors (Lipinski definition) is 3. The number of nitrogens with two attached hydrogens (primary N) is 1. The molecule has 0 aromatic rings. The molecule has 0 spiro atoms. The fraction of sp³-hybridized carbons (Fsp3) is 0.857. The summed E-state index contributed by atoms with van der Waals surface area (Å²) in [5.41, 5.74) is 5.85. The van der Waals surface area contributed by atoms with E-state index in [9.17, 15) is 4.79 Å². The van der Waals surface area contributed by atoms with Crippen LogP contribution in [0.1, 0.15) is 51.9 Å².